The van der Waals surface area contributed by atoms with Crippen LogP contribution in [-0.2, 0) is 6.54 Å². The van der Waals surface area contributed by atoms with Gasteiger partial charge < -0.3 is 9.84 Å². The van der Waals surface area contributed by atoms with Crippen molar-refractivity contribution in [2.75, 3.05) is 0 Å². The molecule has 3 heterocycles. The van der Waals surface area contributed by atoms with Gasteiger partial charge in [-0.3, -0.25) is 14.7 Å². The number of hydrogen-bond acceptors (Lipinski definition) is 6. The lowest BCUT2D eigenvalue weighted by Crippen LogP contribution is -2.31. The van der Waals surface area contributed by atoms with Crippen LogP contribution in [0.2, 0.25) is 0 Å². The van der Waals surface area contributed by atoms with E-state index in [2.05, 4.69) is 25.5 Å². The number of amides is 1. The summed E-state index contributed by atoms with van der Waals surface area (Å²) in [6, 6.07) is 1.72. The number of nitrogens with one attached hydrogen (secondary N) is 2. The molecule has 1 amide bonds. The lowest BCUT2D eigenvalue weighted by atomic mass is 10.2. The predicted octanol–water partition coefficient (Wildman–Crippen LogP) is 0.767. The zero-order valence-corrected chi connectivity index (χ0v) is 13.0. The molecule has 0 atom stereocenters. The van der Waals surface area contributed by atoms with Gasteiger partial charge in [0.15, 0.2) is 11.5 Å². The van der Waals surface area contributed by atoms with E-state index in [1.54, 1.807) is 13.0 Å². The van der Waals surface area contributed by atoms with Crippen molar-refractivity contribution >= 4 is 11.6 Å². The third kappa shape index (κ3) is 2.85. The highest BCUT2D eigenvalue weighted by atomic mass is 16.5. The van der Waals surface area contributed by atoms with Crippen LogP contribution < -0.4 is 10.9 Å². The van der Waals surface area contributed by atoms with Crippen molar-refractivity contribution < 1.29 is 9.32 Å². The number of carbonyl (C=O) groups excluding carboxylic acids is 1. The second kappa shape index (κ2) is 5.67. The number of fused-ring (bicyclic) bond motifs is 1. The summed E-state index contributed by atoms with van der Waals surface area (Å²) < 4.78 is 6.27. The molecular weight excluding hydrogens is 300 g/mol. The highest BCUT2D eigenvalue weighted by Gasteiger charge is 2.16. The van der Waals surface area contributed by atoms with Gasteiger partial charge in [0.25, 0.3) is 11.5 Å². The fraction of sp³-hybridized carbons (Fsp3) is 0.357. The third-order valence-corrected chi connectivity index (χ3v) is 3.27. The summed E-state index contributed by atoms with van der Waals surface area (Å²) in [6.45, 7) is 5.72. The zero-order valence-electron chi connectivity index (χ0n) is 13.0. The molecule has 2 N–H and O–H groups in total. The monoisotopic (exact) mass is 316 g/mol. The number of aromatic nitrogens is 5. The molecule has 120 valence electrons. The first-order valence-corrected chi connectivity index (χ1v) is 7.13. The second-order valence-electron chi connectivity index (χ2n) is 5.49. The average molecular weight is 316 g/mol. The highest BCUT2D eigenvalue weighted by molar-refractivity contribution is 5.93. The number of nitrogens with zero attached hydrogens (tertiary/aromatic N) is 4. The average Bonchev–Trinajstić information content (AvgIpc) is 3.11. The fourth-order valence-corrected chi connectivity index (χ4v) is 2.06. The Morgan fingerprint density at radius 1 is 1.48 bits per heavy atom. The molecule has 0 unspecified atom stereocenters. The molecular formula is C14H16N6O3. The summed E-state index contributed by atoms with van der Waals surface area (Å²) in [6.07, 6.45) is 1.26. The molecule has 0 radical (unpaired) electrons. The number of hydrogen-bond donors (Lipinski definition) is 2. The van der Waals surface area contributed by atoms with Gasteiger partial charge in [0, 0.05) is 23.9 Å². The quantitative estimate of drug-likeness (QED) is 0.734. The lowest BCUT2D eigenvalue weighted by Gasteiger charge is -2.02. The molecule has 0 aliphatic rings. The van der Waals surface area contributed by atoms with Crippen LogP contribution in [0.25, 0.3) is 5.65 Å². The minimum Gasteiger partial charge on any atom is -0.343 e. The molecule has 0 spiro atoms. The van der Waals surface area contributed by atoms with E-state index in [9.17, 15) is 9.59 Å². The summed E-state index contributed by atoms with van der Waals surface area (Å²) >= 11 is 0. The van der Waals surface area contributed by atoms with Crippen LogP contribution in [0.15, 0.2) is 21.6 Å². The number of rotatable bonds is 4. The van der Waals surface area contributed by atoms with Crippen molar-refractivity contribution in [1.29, 1.82) is 0 Å². The van der Waals surface area contributed by atoms with Crippen LogP contribution in [0.4, 0.5) is 0 Å². The molecule has 0 aromatic carbocycles. The van der Waals surface area contributed by atoms with Gasteiger partial charge in [0.1, 0.15) is 5.56 Å². The second-order valence-corrected chi connectivity index (χ2v) is 5.49. The number of aromatic amines is 1. The first kappa shape index (κ1) is 14.9. The van der Waals surface area contributed by atoms with Crippen LogP contribution in [0.3, 0.4) is 0 Å². The van der Waals surface area contributed by atoms with Gasteiger partial charge in [0.2, 0.25) is 5.89 Å². The van der Waals surface area contributed by atoms with Crippen molar-refractivity contribution in [3.63, 3.8) is 0 Å². The van der Waals surface area contributed by atoms with Crippen LogP contribution in [0.5, 0.6) is 0 Å². The van der Waals surface area contributed by atoms with Crippen LogP contribution in [0, 0.1) is 6.92 Å². The standard InChI is InChI=1S/C14H16N6O3/c1-7(2)12-17-11(23-19-12)6-16-13(21)9-5-15-10-4-8(3)18-20(10)14(9)22/h4-5,7,18H,6H2,1-3H3,(H,16,21). The molecule has 0 aliphatic heterocycles. The minimum atomic E-state index is -0.548. The summed E-state index contributed by atoms with van der Waals surface area (Å²) in [5, 5.41) is 9.22. The Kier molecular flexibility index (Phi) is 3.68. The zero-order chi connectivity index (χ0) is 16.6. The molecule has 3 aromatic rings. The Morgan fingerprint density at radius 2 is 2.26 bits per heavy atom. The molecule has 3 rings (SSSR count). The van der Waals surface area contributed by atoms with Crippen LogP contribution >= 0.6 is 0 Å². The smallest absolute Gasteiger partial charge is 0.285 e. The van der Waals surface area contributed by atoms with E-state index < -0.39 is 11.5 Å². The number of aryl methyl sites for hydroxylation is 1. The maximum atomic E-state index is 12.3. The van der Waals surface area contributed by atoms with Gasteiger partial charge in [-0.25, -0.2) is 9.50 Å². The summed E-state index contributed by atoms with van der Waals surface area (Å²) in [5.74, 6) is 0.440. The Hall–Kier alpha value is -2.97. The van der Waals surface area contributed by atoms with Crippen molar-refractivity contribution in [3.8, 4) is 0 Å². The maximum absolute atomic E-state index is 12.3. The lowest BCUT2D eigenvalue weighted by molar-refractivity contribution is 0.0944. The number of carbonyl (C=O) groups is 1. The Labute approximate surface area is 130 Å². The molecule has 3 aromatic heterocycles. The summed E-state index contributed by atoms with van der Waals surface area (Å²) in [4.78, 5) is 32.7. The molecule has 23 heavy (non-hydrogen) atoms. The van der Waals surface area contributed by atoms with Crippen molar-refractivity contribution in [2.24, 2.45) is 0 Å². The highest BCUT2D eigenvalue weighted by Crippen LogP contribution is 2.09. The van der Waals surface area contributed by atoms with Gasteiger partial charge in [-0.05, 0) is 6.92 Å². The van der Waals surface area contributed by atoms with Crippen molar-refractivity contribution in [1.82, 2.24) is 30.1 Å². The molecule has 0 saturated carbocycles. The van der Waals surface area contributed by atoms with Gasteiger partial charge in [-0.2, -0.15) is 4.98 Å². The van der Waals surface area contributed by atoms with E-state index in [1.807, 2.05) is 13.8 Å². The Bertz CT molecular complexity index is 920. The Morgan fingerprint density at radius 3 is 2.96 bits per heavy atom. The topological polar surface area (TPSA) is 118 Å². The van der Waals surface area contributed by atoms with Gasteiger partial charge in [-0.1, -0.05) is 19.0 Å². The summed E-state index contributed by atoms with van der Waals surface area (Å²) in [5.41, 5.74) is 0.712. The van der Waals surface area contributed by atoms with Crippen molar-refractivity contribution in [2.45, 2.75) is 33.2 Å². The molecule has 9 heteroatoms. The van der Waals surface area contributed by atoms with Gasteiger partial charge in [-0.15, -0.1) is 0 Å². The normalized spacial score (nSPS) is 11.3. The largest absolute Gasteiger partial charge is 0.343 e. The molecule has 0 aliphatic carbocycles. The molecule has 0 fully saturated rings. The minimum absolute atomic E-state index is 0.0461. The van der Waals surface area contributed by atoms with E-state index in [0.717, 1.165) is 5.69 Å². The first-order chi connectivity index (χ1) is 11.0. The van der Waals surface area contributed by atoms with E-state index in [4.69, 9.17) is 4.52 Å². The Balaban J connectivity index is 1.77. The van der Waals surface area contributed by atoms with E-state index in [-0.39, 0.29) is 23.9 Å². The van der Waals surface area contributed by atoms with E-state index in [1.165, 1.54) is 10.7 Å². The predicted molar refractivity (Wildman–Crippen MR) is 80.1 cm³/mol. The summed E-state index contributed by atoms with van der Waals surface area (Å²) in [7, 11) is 0. The SMILES string of the molecule is Cc1cc2ncc(C(=O)NCc3nc(C(C)C)no3)c(=O)n2[nH]1. The van der Waals surface area contributed by atoms with Gasteiger partial charge >= 0.3 is 0 Å². The van der Waals surface area contributed by atoms with Gasteiger partial charge in [0.05, 0.1) is 6.54 Å². The fourth-order valence-electron chi connectivity index (χ4n) is 2.06. The van der Waals surface area contributed by atoms with Crippen LogP contribution in [0.1, 0.15) is 47.5 Å². The molecule has 0 saturated heterocycles. The third-order valence-electron chi connectivity index (χ3n) is 3.27. The first-order valence-electron chi connectivity index (χ1n) is 7.13. The van der Waals surface area contributed by atoms with E-state index >= 15 is 0 Å². The van der Waals surface area contributed by atoms with E-state index in [0.29, 0.717) is 11.5 Å². The maximum Gasteiger partial charge on any atom is 0.285 e. The van der Waals surface area contributed by atoms with Crippen LogP contribution in [-0.4, -0.2) is 30.6 Å². The molecule has 0 bridgehead atoms. The molecule has 9 nitrogen and oxygen atoms in total. The number of H-pyrrole nitrogens is 1. The van der Waals surface area contributed by atoms with Crippen molar-refractivity contribution in [3.05, 3.63) is 45.6 Å².